The van der Waals surface area contributed by atoms with Crippen molar-refractivity contribution in [1.82, 2.24) is 15.3 Å². The zero-order valence-corrected chi connectivity index (χ0v) is 15.0. The molecule has 1 aliphatic rings. The van der Waals surface area contributed by atoms with Gasteiger partial charge in [0.1, 0.15) is 5.76 Å². The predicted octanol–water partition coefficient (Wildman–Crippen LogP) is 3.04. The Hall–Kier alpha value is -2.76. The second kappa shape index (κ2) is 7.23. The van der Waals surface area contributed by atoms with E-state index in [-0.39, 0.29) is 11.8 Å². The van der Waals surface area contributed by atoms with Gasteiger partial charge in [-0.3, -0.25) is 4.79 Å². The molecule has 3 aromatic rings. The van der Waals surface area contributed by atoms with Crippen LogP contribution >= 0.6 is 0 Å². The molecule has 1 saturated heterocycles. The lowest BCUT2D eigenvalue weighted by Crippen LogP contribution is -2.41. The predicted molar refractivity (Wildman–Crippen MR) is 101 cm³/mol. The van der Waals surface area contributed by atoms with E-state index in [1.807, 2.05) is 18.2 Å². The number of amides is 1. The number of hydrogen-bond donors (Lipinski definition) is 2. The van der Waals surface area contributed by atoms with Gasteiger partial charge in [-0.2, -0.15) is 0 Å². The highest BCUT2D eigenvalue weighted by atomic mass is 16.3. The molecule has 0 saturated carbocycles. The molecule has 136 valence electrons. The number of furan rings is 1. The summed E-state index contributed by atoms with van der Waals surface area (Å²) >= 11 is 0. The van der Waals surface area contributed by atoms with Crippen molar-refractivity contribution in [2.75, 3.05) is 24.5 Å². The standard InChI is InChI=1S/C20H24N4O2/c1-14-4-5-17-18(13-14)23-20(22-17)24-10-7-15(8-11-24)19(25)21-9-6-16-3-2-12-26-16/h2-5,12-13,15H,6-11H2,1H3,(H,21,25)(H,22,23). The number of hydrogen-bond acceptors (Lipinski definition) is 4. The zero-order valence-electron chi connectivity index (χ0n) is 15.0. The van der Waals surface area contributed by atoms with Crippen LogP contribution in [0, 0.1) is 12.8 Å². The van der Waals surface area contributed by atoms with Gasteiger partial charge in [0, 0.05) is 32.0 Å². The van der Waals surface area contributed by atoms with E-state index in [1.54, 1.807) is 6.26 Å². The molecule has 0 unspecified atom stereocenters. The summed E-state index contributed by atoms with van der Waals surface area (Å²) in [7, 11) is 0. The lowest BCUT2D eigenvalue weighted by atomic mass is 9.96. The zero-order chi connectivity index (χ0) is 17.9. The molecule has 1 aliphatic heterocycles. The number of carbonyl (C=O) groups excluding carboxylic acids is 1. The Balaban J connectivity index is 1.29. The number of fused-ring (bicyclic) bond motifs is 1. The van der Waals surface area contributed by atoms with Crippen molar-refractivity contribution < 1.29 is 9.21 Å². The average molecular weight is 352 g/mol. The van der Waals surface area contributed by atoms with Crippen LogP contribution in [-0.4, -0.2) is 35.5 Å². The third-order valence-electron chi connectivity index (χ3n) is 5.04. The van der Waals surface area contributed by atoms with Crippen molar-refractivity contribution in [3.05, 3.63) is 47.9 Å². The summed E-state index contributed by atoms with van der Waals surface area (Å²) in [6, 6.07) is 10.0. The lowest BCUT2D eigenvalue weighted by Gasteiger charge is -2.31. The number of imidazole rings is 1. The molecule has 0 atom stereocenters. The van der Waals surface area contributed by atoms with E-state index in [2.05, 4.69) is 39.2 Å². The van der Waals surface area contributed by atoms with Gasteiger partial charge in [-0.1, -0.05) is 6.07 Å². The second-order valence-electron chi connectivity index (χ2n) is 6.96. The highest BCUT2D eigenvalue weighted by molar-refractivity contribution is 5.80. The van der Waals surface area contributed by atoms with Crippen LogP contribution in [0.5, 0.6) is 0 Å². The molecule has 2 aromatic heterocycles. The maximum atomic E-state index is 12.4. The number of piperidine rings is 1. The Morgan fingerprint density at radius 3 is 2.96 bits per heavy atom. The summed E-state index contributed by atoms with van der Waals surface area (Å²) in [6.07, 6.45) is 4.09. The van der Waals surface area contributed by atoms with Crippen LogP contribution in [0.15, 0.2) is 41.0 Å². The van der Waals surface area contributed by atoms with Crippen LogP contribution in [0.2, 0.25) is 0 Å². The average Bonchev–Trinajstić information content (AvgIpc) is 3.31. The van der Waals surface area contributed by atoms with Crippen LogP contribution in [0.1, 0.15) is 24.2 Å². The molecule has 0 radical (unpaired) electrons. The van der Waals surface area contributed by atoms with Crippen molar-refractivity contribution in [2.45, 2.75) is 26.2 Å². The number of carbonyl (C=O) groups is 1. The van der Waals surface area contributed by atoms with E-state index in [9.17, 15) is 4.79 Å². The molecule has 3 heterocycles. The second-order valence-corrected chi connectivity index (χ2v) is 6.96. The minimum Gasteiger partial charge on any atom is -0.469 e. The minimum absolute atomic E-state index is 0.0782. The minimum atomic E-state index is 0.0782. The molecule has 0 spiro atoms. The number of benzene rings is 1. The number of H-pyrrole nitrogens is 1. The van der Waals surface area contributed by atoms with Gasteiger partial charge in [0.15, 0.2) is 0 Å². The first-order chi connectivity index (χ1) is 12.7. The van der Waals surface area contributed by atoms with Crippen LogP contribution in [0.25, 0.3) is 11.0 Å². The SMILES string of the molecule is Cc1ccc2nc(N3CCC(C(=O)NCCc4ccco4)CC3)[nH]c2c1. The topological polar surface area (TPSA) is 74.2 Å². The maximum Gasteiger partial charge on any atom is 0.223 e. The van der Waals surface area contributed by atoms with Gasteiger partial charge in [0.2, 0.25) is 11.9 Å². The number of rotatable bonds is 5. The van der Waals surface area contributed by atoms with Crippen molar-refractivity contribution in [3.8, 4) is 0 Å². The van der Waals surface area contributed by atoms with Gasteiger partial charge >= 0.3 is 0 Å². The van der Waals surface area contributed by atoms with Crippen molar-refractivity contribution in [3.63, 3.8) is 0 Å². The van der Waals surface area contributed by atoms with Crippen LogP contribution in [-0.2, 0) is 11.2 Å². The van der Waals surface area contributed by atoms with Gasteiger partial charge in [-0.05, 0) is 49.6 Å². The first-order valence-corrected chi connectivity index (χ1v) is 9.20. The van der Waals surface area contributed by atoms with Crippen LogP contribution in [0.3, 0.4) is 0 Å². The molecule has 6 heteroatoms. The molecule has 1 aromatic carbocycles. The Morgan fingerprint density at radius 1 is 1.35 bits per heavy atom. The molecule has 1 amide bonds. The van der Waals surface area contributed by atoms with E-state index in [0.29, 0.717) is 6.54 Å². The van der Waals surface area contributed by atoms with Crippen molar-refractivity contribution in [2.24, 2.45) is 5.92 Å². The fourth-order valence-corrected chi connectivity index (χ4v) is 3.52. The molecule has 2 N–H and O–H groups in total. The van der Waals surface area contributed by atoms with Crippen molar-refractivity contribution >= 4 is 22.9 Å². The van der Waals surface area contributed by atoms with Crippen molar-refractivity contribution in [1.29, 1.82) is 0 Å². The fraction of sp³-hybridized carbons (Fsp3) is 0.400. The number of aryl methyl sites for hydroxylation is 1. The molecule has 4 rings (SSSR count). The highest BCUT2D eigenvalue weighted by Crippen LogP contribution is 2.24. The number of anilines is 1. The van der Waals surface area contributed by atoms with E-state index in [4.69, 9.17) is 4.42 Å². The summed E-state index contributed by atoms with van der Waals surface area (Å²) in [4.78, 5) is 22.7. The van der Waals surface area contributed by atoms with Gasteiger partial charge < -0.3 is 19.6 Å². The number of nitrogens with zero attached hydrogens (tertiary/aromatic N) is 2. The van der Waals surface area contributed by atoms with Crippen LogP contribution in [0.4, 0.5) is 5.95 Å². The summed E-state index contributed by atoms with van der Waals surface area (Å²) in [5.74, 6) is 2.04. The van der Waals surface area contributed by atoms with Crippen LogP contribution < -0.4 is 10.2 Å². The highest BCUT2D eigenvalue weighted by Gasteiger charge is 2.26. The summed E-state index contributed by atoms with van der Waals surface area (Å²) < 4.78 is 5.29. The number of aromatic amines is 1. The molecular weight excluding hydrogens is 328 g/mol. The Bertz CT molecular complexity index is 876. The summed E-state index contributed by atoms with van der Waals surface area (Å²) in [5.41, 5.74) is 3.28. The lowest BCUT2D eigenvalue weighted by molar-refractivity contribution is -0.125. The first kappa shape index (κ1) is 16.7. The van der Waals surface area contributed by atoms with Gasteiger partial charge in [0.05, 0.1) is 17.3 Å². The summed E-state index contributed by atoms with van der Waals surface area (Å²) in [5, 5.41) is 3.03. The molecule has 6 nitrogen and oxygen atoms in total. The normalized spacial score (nSPS) is 15.5. The Labute approximate surface area is 152 Å². The van der Waals surface area contributed by atoms with E-state index in [1.165, 1.54) is 5.56 Å². The number of nitrogens with one attached hydrogen (secondary N) is 2. The molecule has 1 fully saturated rings. The quantitative estimate of drug-likeness (QED) is 0.740. The van der Waals surface area contributed by atoms with E-state index in [0.717, 1.165) is 55.1 Å². The first-order valence-electron chi connectivity index (χ1n) is 9.20. The van der Waals surface area contributed by atoms with Gasteiger partial charge in [-0.15, -0.1) is 0 Å². The smallest absolute Gasteiger partial charge is 0.223 e. The molecule has 0 aliphatic carbocycles. The van der Waals surface area contributed by atoms with Gasteiger partial charge in [0.25, 0.3) is 0 Å². The molecule has 0 bridgehead atoms. The Morgan fingerprint density at radius 2 is 2.19 bits per heavy atom. The summed E-state index contributed by atoms with van der Waals surface area (Å²) in [6.45, 7) is 4.38. The number of aromatic nitrogens is 2. The maximum absolute atomic E-state index is 12.4. The Kier molecular flexibility index (Phi) is 4.65. The van der Waals surface area contributed by atoms with E-state index < -0.39 is 0 Å². The van der Waals surface area contributed by atoms with E-state index >= 15 is 0 Å². The monoisotopic (exact) mass is 352 g/mol. The molecular formula is C20H24N4O2. The largest absolute Gasteiger partial charge is 0.469 e. The van der Waals surface area contributed by atoms with Gasteiger partial charge in [-0.25, -0.2) is 4.98 Å². The molecule has 26 heavy (non-hydrogen) atoms. The third-order valence-corrected chi connectivity index (χ3v) is 5.04. The third kappa shape index (κ3) is 3.59. The fourth-order valence-electron chi connectivity index (χ4n) is 3.52.